The average Bonchev–Trinajstić information content (AvgIpc) is 1.88. The number of nitrogens with zero attached hydrogens (tertiary/aromatic N) is 1. The molecule has 1 aromatic heterocycles. The van der Waals surface area contributed by atoms with Gasteiger partial charge in [-0.15, -0.1) is 0 Å². The van der Waals surface area contributed by atoms with Gasteiger partial charge in [0.25, 0.3) is 0 Å². The van der Waals surface area contributed by atoms with Crippen LogP contribution >= 0.6 is 0 Å². The molecule has 0 spiro atoms. The molecule has 0 saturated heterocycles. The molecule has 0 fully saturated rings. The van der Waals surface area contributed by atoms with Crippen LogP contribution in [0.3, 0.4) is 0 Å². The average molecular weight is 159 g/mol. The van der Waals surface area contributed by atoms with E-state index in [9.17, 15) is 9.90 Å². The van der Waals surface area contributed by atoms with Gasteiger partial charge in [-0.3, -0.25) is 4.98 Å². The standard InChI is InChI=1S/C7H7NO2.Na/c1-5-2-6(7(9)10)4-8-3-5;/h2-4H,1H3,(H,9,10);/q;+1/p-1. The van der Waals surface area contributed by atoms with Crippen LogP contribution in [0.25, 0.3) is 0 Å². The molecule has 0 amide bonds. The first kappa shape index (κ1) is 10.6. The number of aryl methyl sites for hydroxylation is 1. The Labute approximate surface area is 86.8 Å². The third-order valence-electron chi connectivity index (χ3n) is 1.11. The summed E-state index contributed by atoms with van der Waals surface area (Å²) in [5, 5.41) is 10.2. The number of carbonyl (C=O) groups is 1. The van der Waals surface area contributed by atoms with Crippen LogP contribution in [0.15, 0.2) is 18.5 Å². The minimum atomic E-state index is -1.18. The van der Waals surface area contributed by atoms with Crippen molar-refractivity contribution >= 4 is 5.97 Å². The molecule has 11 heavy (non-hydrogen) atoms. The molecule has 0 unspecified atom stereocenters. The number of carbonyl (C=O) groups excluding carboxylic acids is 1. The zero-order valence-electron chi connectivity index (χ0n) is 6.50. The van der Waals surface area contributed by atoms with Gasteiger partial charge < -0.3 is 9.90 Å². The molecular formula is C7H6NNaO2. The first-order valence-corrected chi connectivity index (χ1v) is 2.83. The third-order valence-corrected chi connectivity index (χ3v) is 1.11. The Morgan fingerprint density at radius 1 is 1.55 bits per heavy atom. The van der Waals surface area contributed by atoms with Gasteiger partial charge in [-0.05, 0) is 18.6 Å². The summed E-state index contributed by atoms with van der Waals surface area (Å²) in [6.45, 7) is 1.78. The number of carboxylic acids is 1. The Bertz CT molecular complexity index is 262. The summed E-state index contributed by atoms with van der Waals surface area (Å²) in [5.41, 5.74) is 0.946. The molecule has 52 valence electrons. The van der Waals surface area contributed by atoms with Crippen molar-refractivity contribution in [3.63, 3.8) is 0 Å². The van der Waals surface area contributed by atoms with E-state index in [0.29, 0.717) is 0 Å². The summed E-state index contributed by atoms with van der Waals surface area (Å²) in [7, 11) is 0. The van der Waals surface area contributed by atoms with Gasteiger partial charge in [0.05, 0.1) is 5.97 Å². The number of carboxylic acid groups (broad SMARTS) is 1. The molecule has 0 saturated carbocycles. The summed E-state index contributed by atoms with van der Waals surface area (Å²) in [6.07, 6.45) is 2.86. The molecular weight excluding hydrogens is 153 g/mol. The second-order valence-corrected chi connectivity index (χ2v) is 2.04. The van der Waals surface area contributed by atoms with Gasteiger partial charge in [0.1, 0.15) is 0 Å². The SMILES string of the molecule is Cc1cncc(C(=O)[O-])c1.[Na+]. The van der Waals surface area contributed by atoms with Gasteiger partial charge >= 0.3 is 29.6 Å². The Morgan fingerprint density at radius 2 is 2.18 bits per heavy atom. The van der Waals surface area contributed by atoms with Crippen molar-refractivity contribution in [2.75, 3.05) is 0 Å². The number of pyridine rings is 1. The van der Waals surface area contributed by atoms with E-state index in [-0.39, 0.29) is 35.1 Å². The fourth-order valence-electron chi connectivity index (χ4n) is 0.667. The third kappa shape index (κ3) is 3.01. The van der Waals surface area contributed by atoms with Crippen LogP contribution in [-0.4, -0.2) is 11.0 Å². The minimum Gasteiger partial charge on any atom is -0.545 e. The zero-order chi connectivity index (χ0) is 7.56. The van der Waals surface area contributed by atoms with Crippen LogP contribution in [0.2, 0.25) is 0 Å². The maximum absolute atomic E-state index is 10.2. The molecule has 0 aliphatic heterocycles. The molecule has 1 rings (SSSR count). The van der Waals surface area contributed by atoms with E-state index in [1.807, 2.05) is 0 Å². The van der Waals surface area contributed by atoms with Crippen molar-refractivity contribution in [1.29, 1.82) is 0 Å². The predicted octanol–water partition coefficient (Wildman–Crippen LogP) is -3.24. The molecule has 3 nitrogen and oxygen atoms in total. The smallest absolute Gasteiger partial charge is 0.545 e. The molecule has 0 aliphatic carbocycles. The van der Waals surface area contributed by atoms with Crippen molar-refractivity contribution in [1.82, 2.24) is 4.98 Å². The van der Waals surface area contributed by atoms with E-state index in [1.54, 1.807) is 13.1 Å². The molecule has 0 atom stereocenters. The largest absolute Gasteiger partial charge is 1.00 e. The van der Waals surface area contributed by atoms with Crippen molar-refractivity contribution < 1.29 is 39.5 Å². The Balaban J connectivity index is 0.000001000. The summed E-state index contributed by atoms with van der Waals surface area (Å²) in [6, 6.07) is 1.52. The summed E-state index contributed by atoms with van der Waals surface area (Å²) in [4.78, 5) is 13.9. The normalized spacial score (nSPS) is 8.45. The topological polar surface area (TPSA) is 53.0 Å². The van der Waals surface area contributed by atoms with E-state index < -0.39 is 5.97 Å². The predicted molar refractivity (Wildman–Crippen MR) is 33.3 cm³/mol. The fourth-order valence-corrected chi connectivity index (χ4v) is 0.667. The van der Waals surface area contributed by atoms with Gasteiger partial charge in [0, 0.05) is 18.0 Å². The fraction of sp³-hybridized carbons (Fsp3) is 0.143. The minimum absolute atomic E-state index is 0. The second-order valence-electron chi connectivity index (χ2n) is 2.04. The summed E-state index contributed by atoms with van der Waals surface area (Å²) in [5.74, 6) is -1.18. The molecule has 0 N–H and O–H groups in total. The maximum Gasteiger partial charge on any atom is 1.00 e. The zero-order valence-corrected chi connectivity index (χ0v) is 8.50. The maximum atomic E-state index is 10.2. The van der Waals surface area contributed by atoms with Gasteiger partial charge in [-0.1, -0.05) is 0 Å². The second kappa shape index (κ2) is 4.49. The van der Waals surface area contributed by atoms with Gasteiger partial charge in [-0.25, -0.2) is 0 Å². The van der Waals surface area contributed by atoms with Gasteiger partial charge in [-0.2, -0.15) is 0 Å². The van der Waals surface area contributed by atoms with Crippen molar-refractivity contribution in [2.45, 2.75) is 6.92 Å². The quantitative estimate of drug-likeness (QED) is 0.404. The van der Waals surface area contributed by atoms with E-state index in [2.05, 4.69) is 4.98 Å². The number of aromatic nitrogens is 1. The Morgan fingerprint density at radius 3 is 2.55 bits per heavy atom. The van der Waals surface area contributed by atoms with E-state index in [0.717, 1.165) is 5.56 Å². The molecule has 1 heterocycles. The molecule has 0 aliphatic rings. The van der Waals surface area contributed by atoms with E-state index in [4.69, 9.17) is 0 Å². The first-order chi connectivity index (χ1) is 4.70. The monoisotopic (exact) mass is 159 g/mol. The van der Waals surface area contributed by atoms with E-state index >= 15 is 0 Å². The number of rotatable bonds is 1. The number of aromatic carboxylic acids is 1. The number of hydrogen-bond acceptors (Lipinski definition) is 3. The van der Waals surface area contributed by atoms with Crippen molar-refractivity contribution in [3.8, 4) is 0 Å². The van der Waals surface area contributed by atoms with Crippen LogP contribution in [0, 0.1) is 6.92 Å². The molecule has 0 radical (unpaired) electrons. The molecule has 0 aromatic carbocycles. The summed E-state index contributed by atoms with van der Waals surface area (Å²) < 4.78 is 0. The first-order valence-electron chi connectivity index (χ1n) is 2.83. The van der Waals surface area contributed by atoms with Crippen molar-refractivity contribution in [3.05, 3.63) is 29.6 Å². The Kier molecular flexibility index (Phi) is 4.33. The van der Waals surface area contributed by atoms with Crippen molar-refractivity contribution in [2.24, 2.45) is 0 Å². The van der Waals surface area contributed by atoms with Crippen LogP contribution in [0.1, 0.15) is 15.9 Å². The van der Waals surface area contributed by atoms with Gasteiger partial charge in [0.15, 0.2) is 0 Å². The molecule has 0 bridgehead atoms. The number of hydrogen-bond donors (Lipinski definition) is 0. The van der Waals surface area contributed by atoms with Gasteiger partial charge in [0.2, 0.25) is 0 Å². The van der Waals surface area contributed by atoms with Crippen LogP contribution < -0.4 is 34.7 Å². The summed E-state index contributed by atoms with van der Waals surface area (Å²) >= 11 is 0. The van der Waals surface area contributed by atoms with Crippen LogP contribution in [-0.2, 0) is 0 Å². The van der Waals surface area contributed by atoms with Crippen LogP contribution in [0.4, 0.5) is 0 Å². The molecule has 4 heteroatoms. The molecule has 1 aromatic rings. The Hall–Kier alpha value is -0.380. The van der Waals surface area contributed by atoms with Crippen LogP contribution in [0.5, 0.6) is 0 Å². The van der Waals surface area contributed by atoms with E-state index in [1.165, 1.54) is 12.3 Å².